The monoisotopic (exact) mass is 195 g/mol. The van der Waals surface area contributed by atoms with Gasteiger partial charge in [-0.25, -0.2) is 8.42 Å². The summed E-state index contributed by atoms with van der Waals surface area (Å²) in [5, 5.41) is 0. The van der Waals surface area contributed by atoms with Crippen LogP contribution >= 0.6 is 0 Å². The molecule has 4 heteroatoms. The van der Waals surface area contributed by atoms with Gasteiger partial charge in [0.2, 0.25) is 0 Å². The van der Waals surface area contributed by atoms with E-state index in [0.29, 0.717) is 12.1 Å². The predicted molar refractivity (Wildman–Crippen MR) is 51.4 cm³/mol. The maximum atomic E-state index is 11.0. The first kappa shape index (κ1) is 8.44. The first-order valence-corrected chi connectivity index (χ1v) is 5.65. The summed E-state index contributed by atoms with van der Waals surface area (Å²) in [4.78, 5) is 0. The van der Waals surface area contributed by atoms with Gasteiger partial charge >= 0.3 is 0 Å². The van der Waals surface area contributed by atoms with Crippen LogP contribution in [0.3, 0.4) is 0 Å². The molecule has 3 nitrogen and oxygen atoms in total. The van der Waals surface area contributed by atoms with Crippen molar-refractivity contribution in [2.24, 2.45) is 4.40 Å². The number of hydrogen-bond acceptors (Lipinski definition) is 2. The van der Waals surface area contributed by atoms with Crippen LogP contribution in [0.25, 0.3) is 0 Å². The van der Waals surface area contributed by atoms with Gasteiger partial charge in [-0.15, -0.1) is 0 Å². The van der Waals surface area contributed by atoms with Gasteiger partial charge in [0.25, 0.3) is 10.0 Å². The van der Waals surface area contributed by atoms with Crippen LogP contribution in [-0.2, 0) is 10.0 Å². The highest BCUT2D eigenvalue weighted by Crippen LogP contribution is 2.14. The zero-order chi connectivity index (χ0) is 9.31. The molecule has 1 aliphatic heterocycles. The lowest BCUT2D eigenvalue weighted by atomic mass is 10.1. The molecule has 0 saturated carbocycles. The van der Waals surface area contributed by atoms with Crippen molar-refractivity contribution >= 4 is 15.7 Å². The van der Waals surface area contributed by atoms with Crippen LogP contribution in [0.5, 0.6) is 0 Å². The third-order valence-corrected chi connectivity index (χ3v) is 3.17. The van der Waals surface area contributed by atoms with Gasteiger partial charge in [-0.3, -0.25) is 0 Å². The van der Waals surface area contributed by atoms with Gasteiger partial charge in [0.05, 0.1) is 11.5 Å². The molecule has 0 unspecified atom stereocenters. The molecule has 1 aromatic carbocycles. The topological polar surface area (TPSA) is 46.5 Å². The Morgan fingerprint density at radius 3 is 2.38 bits per heavy atom. The van der Waals surface area contributed by atoms with Crippen molar-refractivity contribution in [1.29, 1.82) is 0 Å². The molecule has 13 heavy (non-hydrogen) atoms. The lowest BCUT2D eigenvalue weighted by Gasteiger charge is -1.95. The largest absolute Gasteiger partial charge is 0.253 e. The second-order valence-corrected chi connectivity index (χ2v) is 4.69. The van der Waals surface area contributed by atoms with Crippen molar-refractivity contribution in [1.82, 2.24) is 0 Å². The third-order valence-electron chi connectivity index (χ3n) is 1.95. The van der Waals surface area contributed by atoms with E-state index in [1.54, 1.807) is 0 Å². The van der Waals surface area contributed by atoms with Gasteiger partial charge in [0.15, 0.2) is 0 Å². The quantitative estimate of drug-likeness (QED) is 0.676. The van der Waals surface area contributed by atoms with E-state index in [4.69, 9.17) is 0 Å². The number of rotatable bonds is 1. The molecule has 0 saturated heterocycles. The van der Waals surface area contributed by atoms with Crippen molar-refractivity contribution in [3.63, 3.8) is 0 Å². The van der Waals surface area contributed by atoms with Gasteiger partial charge in [-0.05, 0) is 5.56 Å². The summed E-state index contributed by atoms with van der Waals surface area (Å²) in [6, 6.07) is 9.40. The molecule has 0 atom stereocenters. The van der Waals surface area contributed by atoms with Crippen LogP contribution in [0.2, 0.25) is 0 Å². The van der Waals surface area contributed by atoms with E-state index in [9.17, 15) is 8.42 Å². The second kappa shape index (κ2) is 2.96. The molecule has 0 radical (unpaired) electrons. The van der Waals surface area contributed by atoms with Crippen molar-refractivity contribution in [3.05, 3.63) is 35.9 Å². The Morgan fingerprint density at radius 2 is 1.85 bits per heavy atom. The number of nitrogens with zero attached hydrogens (tertiary/aromatic N) is 1. The number of sulfonamides is 1. The molecule has 0 bridgehead atoms. The molecular weight excluding hydrogens is 186 g/mol. The summed E-state index contributed by atoms with van der Waals surface area (Å²) in [6.45, 7) is 0. The molecule has 68 valence electrons. The van der Waals surface area contributed by atoms with E-state index in [2.05, 4.69) is 4.40 Å². The zero-order valence-electron chi connectivity index (χ0n) is 6.97. The molecule has 1 aliphatic rings. The van der Waals surface area contributed by atoms with Crippen molar-refractivity contribution in [2.75, 3.05) is 5.75 Å². The van der Waals surface area contributed by atoms with Crippen LogP contribution < -0.4 is 0 Å². The Morgan fingerprint density at radius 1 is 1.15 bits per heavy atom. The van der Waals surface area contributed by atoms with Crippen LogP contribution in [-0.4, -0.2) is 19.9 Å². The number of benzene rings is 1. The minimum atomic E-state index is -3.16. The minimum Gasteiger partial charge on any atom is -0.205 e. The normalized spacial score (nSPS) is 19.8. The fraction of sp³-hybridized carbons (Fsp3) is 0.222. The molecule has 1 aromatic rings. The highest BCUT2D eigenvalue weighted by Gasteiger charge is 2.20. The summed E-state index contributed by atoms with van der Waals surface area (Å²) < 4.78 is 25.7. The van der Waals surface area contributed by atoms with E-state index < -0.39 is 10.0 Å². The van der Waals surface area contributed by atoms with Crippen LogP contribution in [0.1, 0.15) is 12.0 Å². The summed E-state index contributed by atoms with van der Waals surface area (Å²) in [6.07, 6.45) is 0.534. The maximum Gasteiger partial charge on any atom is 0.253 e. The molecule has 0 aliphatic carbocycles. The molecule has 0 fully saturated rings. The summed E-state index contributed by atoms with van der Waals surface area (Å²) in [5.41, 5.74) is 1.59. The van der Waals surface area contributed by atoms with Gasteiger partial charge in [0, 0.05) is 6.42 Å². The standard InChI is InChI=1S/C9H9NO2S/c11-13(12)7-6-9(10-13)8-4-2-1-3-5-8/h1-5H,6-7H2. The SMILES string of the molecule is O=S1(=O)CCC(c2ccccc2)=N1. The molecule has 0 amide bonds. The van der Waals surface area contributed by atoms with Gasteiger partial charge in [-0.2, -0.15) is 4.40 Å². The van der Waals surface area contributed by atoms with Crippen LogP contribution in [0.4, 0.5) is 0 Å². The Labute approximate surface area is 77.2 Å². The smallest absolute Gasteiger partial charge is 0.205 e. The van der Waals surface area contributed by atoms with E-state index >= 15 is 0 Å². The fourth-order valence-electron chi connectivity index (χ4n) is 1.31. The lowest BCUT2D eigenvalue weighted by Crippen LogP contribution is -1.96. The maximum absolute atomic E-state index is 11.0. The average Bonchev–Trinajstić information content (AvgIpc) is 2.48. The second-order valence-electron chi connectivity index (χ2n) is 2.94. The molecule has 2 rings (SSSR count). The van der Waals surface area contributed by atoms with Gasteiger partial charge in [-0.1, -0.05) is 30.3 Å². The van der Waals surface area contributed by atoms with Gasteiger partial charge < -0.3 is 0 Å². The Balaban J connectivity index is 2.41. The highest BCUT2D eigenvalue weighted by atomic mass is 32.2. The molecule has 0 N–H and O–H groups in total. The molecule has 0 aromatic heterocycles. The average molecular weight is 195 g/mol. The van der Waals surface area contributed by atoms with Crippen LogP contribution in [0, 0.1) is 0 Å². The molecule has 1 heterocycles. The van der Waals surface area contributed by atoms with Gasteiger partial charge in [0.1, 0.15) is 0 Å². The fourth-order valence-corrected chi connectivity index (χ4v) is 2.39. The summed E-state index contributed by atoms with van der Waals surface area (Å²) in [7, 11) is -3.16. The first-order valence-electron chi connectivity index (χ1n) is 4.04. The first-order chi connectivity index (χ1) is 6.17. The van der Waals surface area contributed by atoms with E-state index in [-0.39, 0.29) is 5.75 Å². The summed E-state index contributed by atoms with van der Waals surface area (Å²) >= 11 is 0. The van der Waals surface area contributed by atoms with Crippen molar-refractivity contribution < 1.29 is 8.42 Å². The molecular formula is C9H9NO2S. The predicted octanol–water partition coefficient (Wildman–Crippen LogP) is 1.21. The zero-order valence-corrected chi connectivity index (χ0v) is 7.79. The Bertz CT molecular complexity index is 434. The Hall–Kier alpha value is -1.16. The number of hydrogen-bond donors (Lipinski definition) is 0. The highest BCUT2D eigenvalue weighted by molar-refractivity contribution is 7.90. The lowest BCUT2D eigenvalue weighted by molar-refractivity contribution is 0.600. The van der Waals surface area contributed by atoms with E-state index in [0.717, 1.165) is 5.56 Å². The third kappa shape index (κ3) is 1.78. The minimum absolute atomic E-state index is 0.150. The van der Waals surface area contributed by atoms with E-state index in [1.807, 2.05) is 30.3 Å². The molecule has 0 spiro atoms. The van der Waals surface area contributed by atoms with Crippen molar-refractivity contribution in [3.8, 4) is 0 Å². The van der Waals surface area contributed by atoms with Crippen molar-refractivity contribution in [2.45, 2.75) is 6.42 Å². The van der Waals surface area contributed by atoms with Crippen LogP contribution in [0.15, 0.2) is 34.7 Å². The summed E-state index contributed by atoms with van der Waals surface area (Å²) in [5.74, 6) is 0.150. The van der Waals surface area contributed by atoms with E-state index in [1.165, 1.54) is 0 Å². The Kier molecular flexibility index (Phi) is 1.92.